The van der Waals surface area contributed by atoms with Gasteiger partial charge in [0.1, 0.15) is 6.10 Å². The van der Waals surface area contributed by atoms with Crippen LogP contribution in [0.5, 0.6) is 0 Å². The number of rotatable bonds is 2. The van der Waals surface area contributed by atoms with Crippen molar-refractivity contribution in [3.05, 3.63) is 39.9 Å². The normalized spacial score (nSPS) is 33.7. The Balaban J connectivity index is 1.54. The SMILES string of the molecule is CC1(C)OC2C3CC(C2O1)N(C(=O)c1ccc([N+](=O)[O-])cc1)C3. The molecule has 0 aromatic heterocycles. The molecule has 2 aliphatic heterocycles. The van der Waals surface area contributed by atoms with Gasteiger partial charge in [0.25, 0.3) is 11.6 Å². The van der Waals surface area contributed by atoms with Gasteiger partial charge in [-0.05, 0) is 32.4 Å². The smallest absolute Gasteiger partial charge is 0.269 e. The van der Waals surface area contributed by atoms with Crippen LogP contribution in [0.2, 0.25) is 0 Å². The van der Waals surface area contributed by atoms with Gasteiger partial charge in [-0.3, -0.25) is 14.9 Å². The second-order valence-electron chi connectivity index (χ2n) is 6.89. The number of hydrogen-bond donors (Lipinski definition) is 0. The van der Waals surface area contributed by atoms with E-state index in [1.54, 1.807) is 0 Å². The average Bonchev–Trinajstić information content (AvgIpc) is 3.15. The van der Waals surface area contributed by atoms with Crippen LogP contribution < -0.4 is 0 Å². The van der Waals surface area contributed by atoms with Crippen LogP contribution in [0, 0.1) is 16.0 Å². The van der Waals surface area contributed by atoms with E-state index < -0.39 is 10.7 Å². The average molecular weight is 318 g/mol. The Labute approximate surface area is 133 Å². The summed E-state index contributed by atoms with van der Waals surface area (Å²) < 4.78 is 11.9. The van der Waals surface area contributed by atoms with Crippen LogP contribution in [0.25, 0.3) is 0 Å². The minimum atomic E-state index is -0.599. The third kappa shape index (κ3) is 2.22. The summed E-state index contributed by atoms with van der Waals surface area (Å²) in [4.78, 5) is 24.8. The van der Waals surface area contributed by atoms with Gasteiger partial charge in [-0.1, -0.05) is 0 Å². The van der Waals surface area contributed by atoms with Gasteiger partial charge in [-0.25, -0.2) is 0 Å². The van der Waals surface area contributed by atoms with E-state index in [1.165, 1.54) is 24.3 Å². The summed E-state index contributed by atoms with van der Waals surface area (Å²) in [6.07, 6.45) is 0.881. The molecular weight excluding hydrogens is 300 g/mol. The molecule has 7 nitrogen and oxygen atoms in total. The predicted molar refractivity (Wildman–Crippen MR) is 79.9 cm³/mol. The standard InChI is InChI=1S/C16H18N2O5/c1-16(2)22-13-10-7-12(14(13)23-16)17(8-10)15(19)9-3-5-11(6-4-9)18(20)21/h3-6,10,12-14H,7-8H2,1-2H3. The van der Waals surface area contributed by atoms with Crippen LogP contribution in [0.15, 0.2) is 24.3 Å². The van der Waals surface area contributed by atoms with Crippen molar-refractivity contribution < 1.29 is 19.2 Å². The lowest BCUT2D eigenvalue weighted by Gasteiger charge is -2.33. The molecule has 1 aromatic rings. The predicted octanol–water partition coefficient (Wildman–Crippen LogP) is 1.96. The highest BCUT2D eigenvalue weighted by molar-refractivity contribution is 5.95. The molecule has 4 atom stereocenters. The number of amides is 1. The minimum absolute atomic E-state index is 0.0150. The Morgan fingerprint density at radius 1 is 1.26 bits per heavy atom. The summed E-state index contributed by atoms with van der Waals surface area (Å²) in [6, 6.07) is 5.78. The number of carbonyl (C=O) groups excluding carboxylic acids is 1. The van der Waals surface area contributed by atoms with E-state index >= 15 is 0 Å². The maximum Gasteiger partial charge on any atom is 0.269 e. The number of non-ortho nitro benzene ring substituents is 1. The van der Waals surface area contributed by atoms with Crippen LogP contribution in [-0.4, -0.2) is 46.3 Å². The van der Waals surface area contributed by atoms with Gasteiger partial charge >= 0.3 is 0 Å². The van der Waals surface area contributed by atoms with E-state index in [4.69, 9.17) is 9.47 Å². The lowest BCUT2D eigenvalue weighted by Crippen LogP contribution is -2.49. The third-order valence-electron chi connectivity index (χ3n) is 4.97. The number of nitrogens with zero attached hydrogens (tertiary/aromatic N) is 2. The number of piperidine rings is 1. The molecule has 7 heteroatoms. The number of ether oxygens (including phenoxy) is 2. The lowest BCUT2D eigenvalue weighted by molar-refractivity contribution is -0.384. The highest BCUT2D eigenvalue weighted by Gasteiger charge is 2.60. The number of benzene rings is 1. The van der Waals surface area contributed by atoms with Crippen molar-refractivity contribution >= 4 is 11.6 Å². The molecule has 2 saturated heterocycles. The molecule has 2 bridgehead atoms. The first-order valence-corrected chi connectivity index (χ1v) is 7.77. The Bertz CT molecular complexity index is 672. The molecule has 0 N–H and O–H groups in total. The van der Waals surface area contributed by atoms with Gasteiger partial charge < -0.3 is 14.4 Å². The van der Waals surface area contributed by atoms with Gasteiger partial charge in [0.2, 0.25) is 0 Å². The van der Waals surface area contributed by atoms with Crippen molar-refractivity contribution in [1.29, 1.82) is 0 Å². The quantitative estimate of drug-likeness (QED) is 0.615. The van der Waals surface area contributed by atoms with Crippen molar-refractivity contribution in [2.45, 2.75) is 44.3 Å². The maximum absolute atomic E-state index is 12.7. The van der Waals surface area contributed by atoms with E-state index in [1.807, 2.05) is 18.7 Å². The molecule has 3 fully saturated rings. The maximum atomic E-state index is 12.7. The second kappa shape index (κ2) is 4.75. The molecule has 4 rings (SSSR count). The van der Waals surface area contributed by atoms with Gasteiger partial charge in [-0.2, -0.15) is 0 Å². The molecule has 0 radical (unpaired) electrons. The monoisotopic (exact) mass is 318 g/mol. The fraction of sp³-hybridized carbons (Fsp3) is 0.562. The summed E-state index contributed by atoms with van der Waals surface area (Å²) in [5.41, 5.74) is 0.455. The summed E-state index contributed by atoms with van der Waals surface area (Å²) in [5, 5.41) is 10.7. The van der Waals surface area contributed by atoms with Crippen LogP contribution in [0.1, 0.15) is 30.6 Å². The van der Waals surface area contributed by atoms with E-state index in [2.05, 4.69) is 0 Å². The second-order valence-corrected chi connectivity index (χ2v) is 6.89. The fourth-order valence-electron chi connectivity index (χ4n) is 4.05. The van der Waals surface area contributed by atoms with Crippen LogP contribution in [0.3, 0.4) is 0 Å². The zero-order valence-corrected chi connectivity index (χ0v) is 13.0. The number of nitro benzene ring substituents is 1. The summed E-state index contributed by atoms with van der Waals surface area (Å²) in [7, 11) is 0. The largest absolute Gasteiger partial charge is 0.344 e. The van der Waals surface area contributed by atoms with Crippen molar-refractivity contribution in [3.63, 3.8) is 0 Å². The number of fused-ring (bicyclic) bond motifs is 5. The lowest BCUT2D eigenvalue weighted by atomic mass is 10.0. The summed E-state index contributed by atoms with van der Waals surface area (Å²) in [5.74, 6) is -0.397. The molecule has 1 aromatic carbocycles. The molecule has 2 heterocycles. The van der Waals surface area contributed by atoms with Gasteiger partial charge in [0, 0.05) is 30.2 Å². The van der Waals surface area contributed by atoms with Crippen molar-refractivity contribution in [2.24, 2.45) is 5.92 Å². The molecule has 3 aliphatic rings. The molecule has 4 unspecified atom stereocenters. The Hall–Kier alpha value is -1.99. The highest BCUT2D eigenvalue weighted by Crippen LogP contribution is 2.48. The zero-order chi connectivity index (χ0) is 16.4. The van der Waals surface area contributed by atoms with E-state index in [-0.39, 0.29) is 29.8 Å². The first kappa shape index (κ1) is 14.6. The van der Waals surface area contributed by atoms with Gasteiger partial charge in [0.05, 0.1) is 17.1 Å². The Kier molecular flexibility index (Phi) is 3.01. The Morgan fingerprint density at radius 2 is 1.91 bits per heavy atom. The summed E-state index contributed by atoms with van der Waals surface area (Å²) >= 11 is 0. The molecule has 122 valence electrons. The number of nitro groups is 1. The van der Waals surface area contributed by atoms with E-state index in [9.17, 15) is 14.9 Å². The molecule has 1 aliphatic carbocycles. The number of carbonyl (C=O) groups is 1. The van der Waals surface area contributed by atoms with Crippen LogP contribution >= 0.6 is 0 Å². The van der Waals surface area contributed by atoms with E-state index in [0.717, 1.165) is 6.42 Å². The van der Waals surface area contributed by atoms with Crippen molar-refractivity contribution in [2.75, 3.05) is 6.54 Å². The minimum Gasteiger partial charge on any atom is -0.344 e. The van der Waals surface area contributed by atoms with Gasteiger partial charge in [-0.15, -0.1) is 0 Å². The topological polar surface area (TPSA) is 81.9 Å². The molecule has 0 spiro atoms. The number of hydrogen-bond acceptors (Lipinski definition) is 5. The molecule has 23 heavy (non-hydrogen) atoms. The molecule has 1 saturated carbocycles. The highest BCUT2D eigenvalue weighted by atomic mass is 16.8. The van der Waals surface area contributed by atoms with Crippen molar-refractivity contribution in [3.8, 4) is 0 Å². The third-order valence-corrected chi connectivity index (χ3v) is 4.97. The first-order chi connectivity index (χ1) is 10.9. The fourth-order valence-corrected chi connectivity index (χ4v) is 4.05. The molecule has 1 amide bonds. The van der Waals surface area contributed by atoms with Crippen LogP contribution in [-0.2, 0) is 9.47 Å². The Morgan fingerprint density at radius 3 is 2.57 bits per heavy atom. The van der Waals surface area contributed by atoms with Crippen LogP contribution in [0.4, 0.5) is 5.69 Å². The summed E-state index contributed by atoms with van der Waals surface area (Å²) in [6.45, 7) is 4.45. The first-order valence-electron chi connectivity index (χ1n) is 7.77. The van der Waals surface area contributed by atoms with Crippen molar-refractivity contribution in [1.82, 2.24) is 4.90 Å². The van der Waals surface area contributed by atoms with E-state index in [0.29, 0.717) is 18.0 Å². The molecular formula is C16H18N2O5. The van der Waals surface area contributed by atoms with Gasteiger partial charge in [0.15, 0.2) is 5.79 Å². The zero-order valence-electron chi connectivity index (χ0n) is 13.0. The number of likely N-dealkylation sites (tertiary alicyclic amines) is 1.